The van der Waals surface area contributed by atoms with Crippen LogP contribution in [0.1, 0.15) is 32.6 Å². The molecule has 4 aromatic rings. The molecule has 0 unspecified atom stereocenters. The van der Waals surface area contributed by atoms with Crippen LogP contribution in [0, 0.1) is 10.1 Å². The fourth-order valence-corrected chi connectivity index (χ4v) is 5.00. The third-order valence-corrected chi connectivity index (χ3v) is 7.59. The Hall–Kier alpha value is -4.61. The van der Waals surface area contributed by atoms with Crippen molar-refractivity contribution >= 4 is 67.8 Å². The molecule has 45 heavy (non-hydrogen) atoms. The topological polar surface area (TPSA) is 106 Å². The molecule has 4 rings (SSSR count). The minimum Gasteiger partial charge on any atom is -0.496 e. The summed E-state index contributed by atoms with van der Waals surface area (Å²) in [5.74, 6) is 2.44. The molecule has 0 radical (unpaired) electrons. The molecule has 0 saturated heterocycles. The van der Waals surface area contributed by atoms with Gasteiger partial charge in [0.15, 0.2) is 0 Å². The van der Waals surface area contributed by atoms with Crippen molar-refractivity contribution < 1.29 is 33.4 Å². The van der Waals surface area contributed by atoms with Gasteiger partial charge < -0.3 is 23.7 Å². The molecule has 0 heterocycles. The molecule has 0 amide bonds. The predicted molar refractivity (Wildman–Crippen MR) is 183 cm³/mol. The minimum atomic E-state index is -0.420. The maximum atomic E-state index is 11.4. The number of rotatable bonds is 10. The zero-order valence-corrected chi connectivity index (χ0v) is 28.4. The van der Waals surface area contributed by atoms with Gasteiger partial charge in [0.05, 0.1) is 55.0 Å². The zero-order chi connectivity index (χ0) is 32.9. The molecule has 0 N–H and O–H groups in total. The van der Waals surface area contributed by atoms with Crippen molar-refractivity contribution in [1.82, 2.24) is 0 Å². The third kappa shape index (κ3) is 9.69. The van der Waals surface area contributed by atoms with Crippen LogP contribution in [0.3, 0.4) is 0 Å². The maximum absolute atomic E-state index is 11.4. The van der Waals surface area contributed by atoms with Crippen molar-refractivity contribution in [3.8, 4) is 23.0 Å². The van der Waals surface area contributed by atoms with Crippen molar-refractivity contribution in [3.63, 3.8) is 0 Å². The molecule has 0 saturated carbocycles. The number of nitro benzene ring substituents is 1. The summed E-state index contributed by atoms with van der Waals surface area (Å²) in [7, 11) is 7.77. The fraction of sp³-hybridized carbons (Fsp3) is 0.147. The highest BCUT2D eigenvalue weighted by Gasteiger charge is 2.09. The van der Waals surface area contributed by atoms with Gasteiger partial charge in [-0.25, -0.2) is 4.79 Å². The Morgan fingerprint density at radius 1 is 0.622 bits per heavy atom. The number of methoxy groups -OCH3 is 5. The fourth-order valence-electron chi connectivity index (χ4n) is 3.95. The Bertz CT molecular complexity index is 1680. The number of nitro groups is 1. The standard InChI is InChI=1S/C18H17BrO4.C16H14BrNO4/c1-21-16-11-17(22-2)15(19)10-14(16)9-6-12-4-7-13(8-5-12)18(20)23-3;1-21-15-10-16(22-2)14(17)9-12(15)6-3-11-4-7-13(8-5-11)18(19)20/h4-11H,1-3H3;3-10H,1-2H3/b9-6+;6-3+. The van der Waals surface area contributed by atoms with Crippen LogP contribution in [0.2, 0.25) is 0 Å². The highest BCUT2D eigenvalue weighted by molar-refractivity contribution is 9.10. The summed E-state index contributed by atoms with van der Waals surface area (Å²) >= 11 is 6.90. The van der Waals surface area contributed by atoms with Gasteiger partial charge in [-0.3, -0.25) is 10.1 Å². The Morgan fingerprint density at radius 2 is 1.02 bits per heavy atom. The van der Waals surface area contributed by atoms with E-state index in [2.05, 4.69) is 36.6 Å². The van der Waals surface area contributed by atoms with E-state index < -0.39 is 4.92 Å². The molecule has 234 valence electrons. The Kier molecular flexibility index (Phi) is 13.2. The number of nitrogens with zero attached hydrogens (tertiary/aromatic N) is 1. The second kappa shape index (κ2) is 17.0. The molecule has 0 spiro atoms. The number of halogens is 2. The SMILES string of the molecule is COC(=O)c1ccc(/C=C/c2cc(Br)c(OC)cc2OC)cc1.COc1cc(OC)c(/C=C/c2ccc([N+](=O)[O-])cc2)cc1Br. The second-order valence-corrected chi connectivity index (χ2v) is 10.8. The van der Waals surface area contributed by atoms with Gasteiger partial charge in [0.1, 0.15) is 23.0 Å². The van der Waals surface area contributed by atoms with Crippen LogP contribution < -0.4 is 18.9 Å². The molecule has 4 aromatic carbocycles. The number of carbonyl (C=O) groups excluding carboxylic acids is 1. The molecule has 0 atom stereocenters. The average molecular weight is 741 g/mol. The third-order valence-electron chi connectivity index (χ3n) is 6.35. The number of benzene rings is 4. The first-order valence-electron chi connectivity index (χ1n) is 13.3. The Morgan fingerprint density at radius 3 is 1.38 bits per heavy atom. The van der Waals surface area contributed by atoms with Crippen LogP contribution in [0.4, 0.5) is 5.69 Å². The molecule has 0 aliphatic heterocycles. The van der Waals surface area contributed by atoms with E-state index in [1.54, 1.807) is 58.8 Å². The molecule has 0 bridgehead atoms. The number of non-ortho nitro benzene ring substituents is 1. The molecule has 9 nitrogen and oxygen atoms in total. The van der Waals surface area contributed by atoms with Crippen molar-refractivity contribution in [2.45, 2.75) is 0 Å². The number of hydrogen-bond acceptors (Lipinski definition) is 8. The van der Waals surface area contributed by atoms with E-state index >= 15 is 0 Å². The molecule has 0 aliphatic rings. The Labute approximate surface area is 278 Å². The highest BCUT2D eigenvalue weighted by atomic mass is 79.9. The molecule has 11 heteroatoms. The van der Waals surface area contributed by atoms with E-state index in [9.17, 15) is 14.9 Å². The molecule has 0 fully saturated rings. The van der Waals surface area contributed by atoms with Gasteiger partial charge in [0.2, 0.25) is 0 Å². The van der Waals surface area contributed by atoms with Crippen molar-refractivity contribution in [2.75, 3.05) is 35.5 Å². The lowest BCUT2D eigenvalue weighted by atomic mass is 10.1. The summed E-state index contributed by atoms with van der Waals surface area (Å²) in [6.45, 7) is 0. The molecule has 0 aromatic heterocycles. The van der Waals surface area contributed by atoms with E-state index in [0.29, 0.717) is 28.6 Å². The van der Waals surface area contributed by atoms with Gasteiger partial charge in [-0.2, -0.15) is 0 Å². The Balaban J connectivity index is 0.000000246. The normalized spacial score (nSPS) is 10.6. The number of carbonyl (C=O) groups is 1. The van der Waals surface area contributed by atoms with Crippen LogP contribution in [-0.2, 0) is 4.74 Å². The van der Waals surface area contributed by atoms with Crippen molar-refractivity contribution in [2.24, 2.45) is 0 Å². The number of esters is 1. The van der Waals surface area contributed by atoms with Crippen LogP contribution in [0.15, 0.2) is 81.7 Å². The van der Waals surface area contributed by atoms with Gasteiger partial charge in [0.25, 0.3) is 5.69 Å². The molecular weight excluding hydrogens is 710 g/mol. The van der Waals surface area contributed by atoms with Gasteiger partial charge in [-0.05, 0) is 79.4 Å². The lowest BCUT2D eigenvalue weighted by Gasteiger charge is -2.09. The van der Waals surface area contributed by atoms with Crippen LogP contribution in [-0.4, -0.2) is 46.4 Å². The lowest BCUT2D eigenvalue weighted by molar-refractivity contribution is -0.384. The van der Waals surface area contributed by atoms with Crippen molar-refractivity contribution in [1.29, 1.82) is 0 Å². The average Bonchev–Trinajstić information content (AvgIpc) is 3.06. The van der Waals surface area contributed by atoms with Gasteiger partial charge in [0, 0.05) is 35.4 Å². The summed E-state index contributed by atoms with van der Waals surface area (Å²) in [5.41, 5.74) is 4.20. The van der Waals surface area contributed by atoms with Gasteiger partial charge >= 0.3 is 5.97 Å². The summed E-state index contributed by atoms with van der Waals surface area (Å²) < 4.78 is 27.6. The van der Waals surface area contributed by atoms with E-state index in [1.807, 2.05) is 54.6 Å². The smallest absolute Gasteiger partial charge is 0.337 e. The van der Waals surface area contributed by atoms with E-state index in [4.69, 9.17) is 18.9 Å². The van der Waals surface area contributed by atoms with Gasteiger partial charge in [-0.15, -0.1) is 0 Å². The monoisotopic (exact) mass is 739 g/mol. The summed E-state index contributed by atoms with van der Waals surface area (Å²) in [6.07, 6.45) is 7.62. The highest BCUT2D eigenvalue weighted by Crippen LogP contribution is 2.35. The second-order valence-electron chi connectivity index (χ2n) is 9.09. The number of ether oxygens (including phenoxy) is 5. The lowest BCUT2D eigenvalue weighted by Crippen LogP contribution is -2.00. The van der Waals surface area contributed by atoms with Crippen molar-refractivity contribution in [3.05, 3.63) is 120 Å². The first-order chi connectivity index (χ1) is 21.6. The zero-order valence-electron chi connectivity index (χ0n) is 25.2. The van der Waals surface area contributed by atoms with Crippen LogP contribution in [0.5, 0.6) is 23.0 Å². The first-order valence-corrected chi connectivity index (χ1v) is 14.8. The summed E-state index contributed by atoms with van der Waals surface area (Å²) in [4.78, 5) is 21.6. The largest absolute Gasteiger partial charge is 0.496 e. The van der Waals surface area contributed by atoms with Gasteiger partial charge in [-0.1, -0.05) is 36.4 Å². The van der Waals surface area contributed by atoms with E-state index in [1.165, 1.54) is 19.2 Å². The van der Waals surface area contributed by atoms with Crippen LogP contribution >= 0.6 is 31.9 Å². The maximum Gasteiger partial charge on any atom is 0.337 e. The quantitative estimate of drug-likeness (QED) is 0.0687. The van der Waals surface area contributed by atoms with Crippen LogP contribution in [0.25, 0.3) is 24.3 Å². The molecule has 0 aliphatic carbocycles. The minimum absolute atomic E-state index is 0.0712. The summed E-state index contributed by atoms with van der Waals surface area (Å²) in [5, 5.41) is 10.6. The predicted octanol–water partition coefficient (Wildman–Crippen LogP) is 8.97. The summed E-state index contributed by atoms with van der Waals surface area (Å²) in [6, 6.07) is 20.9. The molecular formula is C34H31Br2NO8. The van der Waals surface area contributed by atoms with E-state index in [0.717, 1.165) is 31.2 Å². The van der Waals surface area contributed by atoms with E-state index in [-0.39, 0.29) is 11.7 Å². The number of hydrogen-bond donors (Lipinski definition) is 0. The first kappa shape index (κ1) is 34.9.